The molecule has 0 bridgehead atoms. The van der Waals surface area contributed by atoms with Gasteiger partial charge in [-0.25, -0.2) is 9.97 Å². The maximum Gasteiger partial charge on any atom is 0.224 e. The van der Waals surface area contributed by atoms with Crippen LogP contribution in [-0.2, 0) is 5.66 Å². The third-order valence-corrected chi connectivity index (χ3v) is 7.95. The highest BCUT2D eigenvalue weighted by atomic mass is 35.5. The van der Waals surface area contributed by atoms with E-state index in [0.29, 0.717) is 12.0 Å². The molecule has 35 heavy (non-hydrogen) atoms. The first-order valence-electron chi connectivity index (χ1n) is 12.8. The SMILES string of the molecule is Clc1nc(C2(N3CCC(CCOc4ccccc4)CC3)C=CC=N2)c2ncn(C3CCCC3)c2n1. The lowest BCUT2D eigenvalue weighted by Crippen LogP contribution is -2.47. The number of benzene rings is 1. The normalized spacial score (nSPS) is 23.6. The summed E-state index contributed by atoms with van der Waals surface area (Å²) in [6, 6.07) is 10.5. The van der Waals surface area contributed by atoms with Crippen LogP contribution in [0.1, 0.15) is 56.7 Å². The molecule has 1 saturated carbocycles. The molecule has 6 rings (SSSR count). The molecule has 182 valence electrons. The van der Waals surface area contributed by atoms with Gasteiger partial charge in [0.2, 0.25) is 5.28 Å². The molecular formula is C27H31ClN6O. The fraction of sp³-hybridized carbons (Fsp3) is 0.481. The quantitative estimate of drug-likeness (QED) is 0.405. The van der Waals surface area contributed by atoms with Gasteiger partial charge >= 0.3 is 0 Å². The van der Waals surface area contributed by atoms with Gasteiger partial charge in [0.1, 0.15) is 17.0 Å². The van der Waals surface area contributed by atoms with Crippen molar-refractivity contribution in [3.8, 4) is 5.75 Å². The van der Waals surface area contributed by atoms with Gasteiger partial charge in [-0.15, -0.1) is 0 Å². The number of rotatable bonds is 7. The summed E-state index contributed by atoms with van der Waals surface area (Å²) in [5.41, 5.74) is 1.75. The molecule has 1 unspecified atom stereocenters. The number of hydrogen-bond acceptors (Lipinski definition) is 6. The zero-order valence-electron chi connectivity index (χ0n) is 19.9. The van der Waals surface area contributed by atoms with Crippen LogP contribution in [0.2, 0.25) is 5.28 Å². The molecule has 3 aromatic rings. The second kappa shape index (κ2) is 9.70. The second-order valence-corrected chi connectivity index (χ2v) is 10.2. The number of fused-ring (bicyclic) bond motifs is 1. The molecule has 0 spiro atoms. The highest BCUT2D eigenvalue weighted by molar-refractivity contribution is 6.28. The molecule has 1 aromatic carbocycles. The highest BCUT2D eigenvalue weighted by Crippen LogP contribution is 2.40. The molecule has 2 aliphatic heterocycles. The number of aromatic nitrogens is 4. The molecular weight excluding hydrogens is 460 g/mol. The lowest BCUT2D eigenvalue weighted by Gasteiger charge is -2.41. The van der Waals surface area contributed by atoms with Crippen molar-refractivity contribution >= 4 is 29.0 Å². The van der Waals surface area contributed by atoms with E-state index in [0.717, 1.165) is 74.4 Å². The molecule has 1 saturated heterocycles. The van der Waals surface area contributed by atoms with Crippen molar-refractivity contribution in [2.75, 3.05) is 19.7 Å². The summed E-state index contributed by atoms with van der Waals surface area (Å²) in [5, 5.41) is 0.259. The van der Waals surface area contributed by atoms with E-state index in [9.17, 15) is 0 Å². The van der Waals surface area contributed by atoms with Crippen LogP contribution < -0.4 is 4.74 Å². The topological polar surface area (TPSA) is 68.4 Å². The second-order valence-electron chi connectivity index (χ2n) is 9.85. The van der Waals surface area contributed by atoms with Crippen LogP contribution in [0.4, 0.5) is 0 Å². The van der Waals surface area contributed by atoms with E-state index < -0.39 is 5.66 Å². The summed E-state index contributed by atoms with van der Waals surface area (Å²) in [6.45, 7) is 2.62. The van der Waals surface area contributed by atoms with E-state index in [1.807, 2.05) is 48.9 Å². The van der Waals surface area contributed by atoms with E-state index in [1.54, 1.807) is 0 Å². The van der Waals surface area contributed by atoms with Crippen molar-refractivity contribution in [3.05, 3.63) is 59.8 Å². The predicted molar refractivity (Wildman–Crippen MR) is 138 cm³/mol. The minimum Gasteiger partial charge on any atom is -0.494 e. The van der Waals surface area contributed by atoms with Crippen LogP contribution in [0.3, 0.4) is 0 Å². The maximum atomic E-state index is 6.50. The van der Waals surface area contributed by atoms with Crippen molar-refractivity contribution in [1.82, 2.24) is 24.4 Å². The van der Waals surface area contributed by atoms with Gasteiger partial charge in [0, 0.05) is 25.3 Å². The first-order chi connectivity index (χ1) is 17.2. The van der Waals surface area contributed by atoms with Gasteiger partial charge in [-0.05, 0) is 73.9 Å². The van der Waals surface area contributed by atoms with Gasteiger partial charge in [0.05, 0.1) is 12.9 Å². The Hall–Kier alpha value is -2.77. The smallest absolute Gasteiger partial charge is 0.224 e. The average molecular weight is 491 g/mol. The molecule has 3 aliphatic rings. The summed E-state index contributed by atoms with van der Waals surface area (Å²) >= 11 is 6.50. The number of ether oxygens (including phenoxy) is 1. The van der Waals surface area contributed by atoms with E-state index in [-0.39, 0.29) is 5.28 Å². The number of piperidine rings is 1. The Kier molecular flexibility index (Phi) is 6.29. The first kappa shape index (κ1) is 22.7. The predicted octanol–water partition coefficient (Wildman–Crippen LogP) is 5.57. The summed E-state index contributed by atoms with van der Waals surface area (Å²) in [4.78, 5) is 21.5. The number of allylic oxidation sites excluding steroid dienone is 1. The minimum atomic E-state index is -0.675. The van der Waals surface area contributed by atoms with E-state index in [1.165, 1.54) is 12.8 Å². The summed E-state index contributed by atoms with van der Waals surface area (Å²) < 4.78 is 8.14. The van der Waals surface area contributed by atoms with Gasteiger partial charge in [0.15, 0.2) is 11.3 Å². The Morgan fingerprint density at radius 2 is 1.83 bits per heavy atom. The Balaban J connectivity index is 1.21. The molecule has 8 heteroatoms. The van der Waals surface area contributed by atoms with Crippen LogP contribution in [0, 0.1) is 5.92 Å². The van der Waals surface area contributed by atoms with Crippen LogP contribution in [0.5, 0.6) is 5.75 Å². The molecule has 1 atom stereocenters. The number of aliphatic imine (C=N–C) groups is 1. The van der Waals surface area contributed by atoms with Crippen molar-refractivity contribution < 1.29 is 4.74 Å². The molecule has 0 amide bonds. The van der Waals surface area contributed by atoms with Gasteiger partial charge in [0.25, 0.3) is 0 Å². The van der Waals surface area contributed by atoms with Gasteiger partial charge in [-0.2, -0.15) is 4.98 Å². The Bertz CT molecular complexity index is 1210. The third-order valence-electron chi connectivity index (χ3n) is 7.78. The minimum absolute atomic E-state index is 0.259. The van der Waals surface area contributed by atoms with Crippen LogP contribution in [0.15, 0.2) is 53.8 Å². The lowest BCUT2D eigenvalue weighted by atomic mass is 9.91. The zero-order valence-corrected chi connectivity index (χ0v) is 20.6. The lowest BCUT2D eigenvalue weighted by molar-refractivity contribution is 0.0801. The molecule has 0 radical (unpaired) electrons. The monoisotopic (exact) mass is 490 g/mol. The van der Waals surface area contributed by atoms with Crippen molar-refractivity contribution in [2.45, 2.75) is 56.7 Å². The number of nitrogens with zero attached hydrogens (tertiary/aromatic N) is 6. The first-order valence-corrected chi connectivity index (χ1v) is 13.2. The molecule has 2 fully saturated rings. The molecule has 7 nitrogen and oxygen atoms in total. The Morgan fingerprint density at radius 3 is 2.57 bits per heavy atom. The molecule has 2 aromatic heterocycles. The number of imidazole rings is 1. The summed E-state index contributed by atoms with van der Waals surface area (Å²) in [5.74, 6) is 1.58. The number of likely N-dealkylation sites (tertiary alicyclic amines) is 1. The number of halogens is 1. The van der Waals surface area contributed by atoms with E-state index in [4.69, 9.17) is 31.3 Å². The number of para-hydroxylation sites is 1. The van der Waals surface area contributed by atoms with Gasteiger partial charge < -0.3 is 9.30 Å². The fourth-order valence-corrected chi connectivity index (χ4v) is 6.04. The Labute approximate surface area is 210 Å². The maximum absolute atomic E-state index is 6.50. The van der Waals surface area contributed by atoms with Crippen molar-refractivity contribution in [2.24, 2.45) is 10.9 Å². The van der Waals surface area contributed by atoms with E-state index >= 15 is 0 Å². The van der Waals surface area contributed by atoms with Gasteiger partial charge in [-0.3, -0.25) is 9.89 Å². The van der Waals surface area contributed by atoms with E-state index in [2.05, 4.69) is 20.5 Å². The number of hydrogen-bond donors (Lipinski definition) is 0. The molecule has 0 N–H and O–H groups in total. The third kappa shape index (κ3) is 4.36. The van der Waals surface area contributed by atoms with Crippen molar-refractivity contribution in [3.63, 3.8) is 0 Å². The van der Waals surface area contributed by atoms with Crippen molar-refractivity contribution in [1.29, 1.82) is 0 Å². The van der Waals surface area contributed by atoms with Crippen LogP contribution in [-0.4, -0.2) is 50.3 Å². The fourth-order valence-electron chi connectivity index (χ4n) is 5.87. The van der Waals surface area contributed by atoms with Crippen LogP contribution >= 0.6 is 11.6 Å². The zero-order chi connectivity index (χ0) is 23.7. The Morgan fingerprint density at radius 1 is 1.03 bits per heavy atom. The largest absolute Gasteiger partial charge is 0.494 e. The summed E-state index contributed by atoms with van der Waals surface area (Å²) in [6.07, 6.45) is 16.0. The standard InChI is InChI=1S/C27H31ClN6O/c28-26-31-24(23-25(32-26)34(19-29-23)21-7-4-5-8-21)27(14-6-15-30-27)33-16-11-20(12-17-33)13-18-35-22-9-2-1-3-10-22/h1-3,6,9-10,14-15,19-21H,4-5,7-8,11-13,16-18H2. The highest BCUT2D eigenvalue weighted by Gasteiger charge is 2.43. The average Bonchev–Trinajstić information content (AvgIpc) is 3.66. The van der Waals surface area contributed by atoms with Crippen LogP contribution in [0.25, 0.3) is 11.2 Å². The summed E-state index contributed by atoms with van der Waals surface area (Å²) in [7, 11) is 0. The molecule has 4 heterocycles. The molecule has 1 aliphatic carbocycles. The van der Waals surface area contributed by atoms with Gasteiger partial charge in [-0.1, -0.05) is 31.0 Å².